The maximum Gasteiger partial charge on any atom is 0.340 e. The predicted molar refractivity (Wildman–Crippen MR) is 94.6 cm³/mol. The molecule has 0 aromatic heterocycles. The van der Waals surface area contributed by atoms with Crippen molar-refractivity contribution in [2.45, 2.75) is 0 Å². The van der Waals surface area contributed by atoms with Crippen LogP contribution in [0.5, 0.6) is 23.0 Å². The first-order valence-electron chi connectivity index (χ1n) is 7.53. The van der Waals surface area contributed by atoms with Crippen LogP contribution in [-0.4, -0.2) is 39.5 Å². The molecule has 0 unspecified atom stereocenters. The van der Waals surface area contributed by atoms with Crippen molar-refractivity contribution in [3.05, 3.63) is 35.9 Å². The van der Waals surface area contributed by atoms with Crippen LogP contribution in [0.25, 0.3) is 21.5 Å². The van der Waals surface area contributed by atoms with Crippen LogP contribution in [0.3, 0.4) is 0 Å². The Hall–Kier alpha value is -3.15. The Bertz CT molecular complexity index is 977. The number of hydrogen-bond acceptors (Lipinski definition) is 5. The van der Waals surface area contributed by atoms with Crippen molar-refractivity contribution in [3.8, 4) is 23.0 Å². The van der Waals surface area contributed by atoms with Crippen molar-refractivity contribution in [1.82, 2.24) is 0 Å². The fourth-order valence-corrected chi connectivity index (χ4v) is 3.20. The maximum atomic E-state index is 11.9. The highest BCUT2D eigenvalue weighted by Gasteiger charge is 2.27. The molecule has 130 valence electrons. The molecule has 0 aliphatic rings. The van der Waals surface area contributed by atoms with Gasteiger partial charge in [0.15, 0.2) is 11.5 Å². The maximum absolute atomic E-state index is 11.9. The first-order chi connectivity index (χ1) is 12.1. The quantitative estimate of drug-likeness (QED) is 0.712. The molecule has 3 aromatic carbocycles. The standard InChI is InChI=1S/C19H18O6/c1-22-12-7-5-6-10-8-9-11-14(13(10)12)16(23-2)18(25-4)17(24-3)15(11)19(20)21/h5-9H,1-4H3,(H,20,21). The summed E-state index contributed by atoms with van der Waals surface area (Å²) < 4.78 is 21.8. The van der Waals surface area contributed by atoms with Gasteiger partial charge in [0.25, 0.3) is 0 Å². The minimum atomic E-state index is -1.11. The second-order valence-corrected chi connectivity index (χ2v) is 5.33. The van der Waals surface area contributed by atoms with Crippen LogP contribution >= 0.6 is 0 Å². The molecule has 0 fully saturated rings. The van der Waals surface area contributed by atoms with E-state index in [-0.39, 0.29) is 17.1 Å². The predicted octanol–water partition coefficient (Wildman–Crippen LogP) is 3.73. The molecule has 0 bridgehead atoms. The summed E-state index contributed by atoms with van der Waals surface area (Å²) in [4.78, 5) is 11.9. The van der Waals surface area contributed by atoms with Gasteiger partial charge in [0.2, 0.25) is 5.75 Å². The molecule has 0 atom stereocenters. The number of benzene rings is 3. The lowest BCUT2D eigenvalue weighted by Gasteiger charge is -2.19. The van der Waals surface area contributed by atoms with Crippen molar-refractivity contribution < 1.29 is 28.8 Å². The molecule has 0 saturated heterocycles. The van der Waals surface area contributed by atoms with Gasteiger partial charge in [-0.1, -0.05) is 24.3 Å². The van der Waals surface area contributed by atoms with Crippen LogP contribution in [0, 0.1) is 0 Å². The minimum Gasteiger partial charge on any atom is -0.496 e. The molecule has 6 heteroatoms. The largest absolute Gasteiger partial charge is 0.496 e. The van der Waals surface area contributed by atoms with Gasteiger partial charge in [-0.05, 0) is 11.5 Å². The zero-order valence-corrected chi connectivity index (χ0v) is 14.4. The first-order valence-corrected chi connectivity index (χ1v) is 7.53. The summed E-state index contributed by atoms with van der Waals surface area (Å²) in [5.74, 6) is 0.248. The van der Waals surface area contributed by atoms with Gasteiger partial charge < -0.3 is 24.1 Å². The highest BCUT2D eigenvalue weighted by molar-refractivity contribution is 6.20. The summed E-state index contributed by atoms with van der Waals surface area (Å²) in [6, 6.07) is 9.20. The van der Waals surface area contributed by atoms with E-state index in [2.05, 4.69) is 0 Å². The zero-order valence-electron chi connectivity index (χ0n) is 14.4. The molecule has 0 heterocycles. The molecule has 25 heavy (non-hydrogen) atoms. The lowest BCUT2D eigenvalue weighted by atomic mass is 9.95. The third-order valence-electron chi connectivity index (χ3n) is 4.19. The number of carboxylic acid groups (broad SMARTS) is 1. The van der Waals surface area contributed by atoms with Crippen LogP contribution in [0.4, 0.5) is 0 Å². The third kappa shape index (κ3) is 2.38. The summed E-state index contributed by atoms with van der Waals surface area (Å²) in [6.45, 7) is 0. The second-order valence-electron chi connectivity index (χ2n) is 5.33. The van der Waals surface area contributed by atoms with Gasteiger partial charge in [0.05, 0.1) is 28.4 Å². The van der Waals surface area contributed by atoms with Gasteiger partial charge in [0.1, 0.15) is 11.3 Å². The second kappa shape index (κ2) is 6.39. The molecule has 0 radical (unpaired) electrons. The SMILES string of the molecule is COc1c(OC)c(OC)c2c(ccc3cccc(OC)c32)c1C(=O)O. The van der Waals surface area contributed by atoms with Crippen molar-refractivity contribution in [2.24, 2.45) is 0 Å². The molecule has 3 rings (SSSR count). The molecular formula is C19H18O6. The van der Waals surface area contributed by atoms with Crippen LogP contribution in [0.2, 0.25) is 0 Å². The summed E-state index contributed by atoms with van der Waals surface area (Å²) in [5, 5.41) is 12.5. The van der Waals surface area contributed by atoms with Crippen molar-refractivity contribution in [3.63, 3.8) is 0 Å². The number of rotatable bonds is 5. The Morgan fingerprint density at radius 1 is 0.800 bits per heavy atom. The van der Waals surface area contributed by atoms with E-state index in [1.54, 1.807) is 13.2 Å². The topological polar surface area (TPSA) is 74.2 Å². The van der Waals surface area contributed by atoms with Crippen molar-refractivity contribution in [2.75, 3.05) is 28.4 Å². The lowest BCUT2D eigenvalue weighted by molar-refractivity contribution is 0.0695. The van der Waals surface area contributed by atoms with E-state index in [0.29, 0.717) is 22.3 Å². The fraction of sp³-hybridized carbons (Fsp3) is 0.211. The van der Waals surface area contributed by atoms with E-state index >= 15 is 0 Å². The van der Waals surface area contributed by atoms with E-state index in [9.17, 15) is 9.90 Å². The minimum absolute atomic E-state index is 0.0166. The summed E-state index contributed by atoms with van der Waals surface area (Å²) in [5.41, 5.74) is 0.0166. The number of hydrogen-bond donors (Lipinski definition) is 1. The Balaban J connectivity index is 2.69. The van der Waals surface area contributed by atoms with Gasteiger partial charge in [-0.2, -0.15) is 0 Å². The first kappa shape index (κ1) is 16.7. The fourth-order valence-electron chi connectivity index (χ4n) is 3.20. The summed E-state index contributed by atoms with van der Waals surface area (Å²) in [7, 11) is 5.92. The smallest absolute Gasteiger partial charge is 0.340 e. The van der Waals surface area contributed by atoms with Gasteiger partial charge in [0, 0.05) is 16.2 Å². The monoisotopic (exact) mass is 342 g/mol. The Labute approximate surface area is 144 Å². The Morgan fingerprint density at radius 3 is 2.04 bits per heavy atom. The van der Waals surface area contributed by atoms with Crippen LogP contribution < -0.4 is 18.9 Å². The number of ether oxygens (including phenoxy) is 4. The van der Waals surface area contributed by atoms with Crippen molar-refractivity contribution in [1.29, 1.82) is 0 Å². The van der Waals surface area contributed by atoms with Gasteiger partial charge in [-0.15, -0.1) is 0 Å². The van der Waals surface area contributed by atoms with E-state index in [4.69, 9.17) is 18.9 Å². The van der Waals surface area contributed by atoms with Gasteiger partial charge in [-0.3, -0.25) is 0 Å². The normalized spacial score (nSPS) is 10.7. The van der Waals surface area contributed by atoms with Crippen LogP contribution in [-0.2, 0) is 0 Å². The summed E-state index contributed by atoms with van der Waals surface area (Å²) in [6.07, 6.45) is 0. The molecule has 1 N–H and O–H groups in total. The number of carboxylic acids is 1. The molecular weight excluding hydrogens is 324 g/mol. The van der Waals surface area contributed by atoms with E-state index in [0.717, 1.165) is 10.8 Å². The highest BCUT2D eigenvalue weighted by Crippen LogP contribution is 2.50. The molecule has 0 spiro atoms. The van der Waals surface area contributed by atoms with E-state index < -0.39 is 5.97 Å². The average Bonchev–Trinajstić information content (AvgIpc) is 2.64. The van der Waals surface area contributed by atoms with Crippen LogP contribution in [0.15, 0.2) is 30.3 Å². The third-order valence-corrected chi connectivity index (χ3v) is 4.19. The number of carbonyl (C=O) groups is 1. The average molecular weight is 342 g/mol. The number of fused-ring (bicyclic) bond motifs is 3. The molecule has 0 amide bonds. The molecule has 0 aliphatic heterocycles. The molecule has 0 aliphatic carbocycles. The van der Waals surface area contributed by atoms with Crippen molar-refractivity contribution >= 4 is 27.5 Å². The molecule has 6 nitrogen and oxygen atoms in total. The summed E-state index contributed by atoms with van der Waals surface area (Å²) >= 11 is 0. The van der Waals surface area contributed by atoms with Gasteiger partial charge in [-0.25, -0.2) is 4.79 Å². The van der Waals surface area contributed by atoms with Crippen LogP contribution in [0.1, 0.15) is 10.4 Å². The molecule has 0 saturated carbocycles. The zero-order chi connectivity index (χ0) is 18.1. The molecule has 3 aromatic rings. The number of aromatic carboxylic acids is 1. The van der Waals surface area contributed by atoms with E-state index in [1.165, 1.54) is 21.3 Å². The Morgan fingerprint density at radius 2 is 1.48 bits per heavy atom. The number of methoxy groups -OCH3 is 4. The lowest BCUT2D eigenvalue weighted by Crippen LogP contribution is -2.06. The van der Waals surface area contributed by atoms with Gasteiger partial charge >= 0.3 is 5.97 Å². The highest BCUT2D eigenvalue weighted by atomic mass is 16.5. The Kier molecular flexibility index (Phi) is 4.27. The van der Waals surface area contributed by atoms with E-state index in [1.807, 2.05) is 24.3 Å².